The van der Waals surface area contributed by atoms with Gasteiger partial charge in [-0.15, -0.1) is 0 Å². The molecule has 2 heterocycles. The van der Waals surface area contributed by atoms with E-state index in [1.165, 1.54) is 0 Å². The molecule has 1 atom stereocenters. The summed E-state index contributed by atoms with van der Waals surface area (Å²) < 4.78 is 12.5. The van der Waals surface area contributed by atoms with E-state index in [1.54, 1.807) is 7.11 Å². The zero-order valence-electron chi connectivity index (χ0n) is 15.8. The summed E-state index contributed by atoms with van der Waals surface area (Å²) in [4.78, 5) is 17.1. The summed E-state index contributed by atoms with van der Waals surface area (Å²) in [6.45, 7) is 4.37. The van der Waals surface area contributed by atoms with E-state index in [0.717, 1.165) is 12.0 Å². The number of methoxy groups -OCH3 is 1. The van der Waals surface area contributed by atoms with Crippen LogP contribution in [-0.2, 0) is 11.3 Å². The number of aromatic nitrogens is 3. The van der Waals surface area contributed by atoms with E-state index in [0.29, 0.717) is 23.4 Å². The zero-order chi connectivity index (χ0) is 19.2. The zero-order valence-corrected chi connectivity index (χ0v) is 15.8. The molecule has 0 aliphatic rings. The predicted molar refractivity (Wildman–Crippen MR) is 101 cm³/mol. The van der Waals surface area contributed by atoms with E-state index in [4.69, 9.17) is 9.26 Å². The fourth-order valence-corrected chi connectivity index (χ4v) is 2.91. The SMILES string of the molecule is COc1ccccc1-c1noc(CNC(=O)[C@H](CC(C)C)n2cccc2)n1. The van der Waals surface area contributed by atoms with Crippen LogP contribution in [0, 0.1) is 5.92 Å². The Hall–Kier alpha value is -3.09. The third-order valence-corrected chi connectivity index (χ3v) is 4.21. The van der Waals surface area contributed by atoms with Gasteiger partial charge < -0.3 is 19.1 Å². The second-order valence-corrected chi connectivity index (χ2v) is 6.71. The summed E-state index contributed by atoms with van der Waals surface area (Å²) in [5.74, 6) is 1.76. The quantitative estimate of drug-likeness (QED) is 0.658. The van der Waals surface area contributed by atoms with Crippen LogP contribution in [0.4, 0.5) is 0 Å². The van der Waals surface area contributed by atoms with Crippen molar-refractivity contribution in [3.63, 3.8) is 0 Å². The van der Waals surface area contributed by atoms with Crippen molar-refractivity contribution >= 4 is 5.91 Å². The Morgan fingerprint density at radius 2 is 1.96 bits per heavy atom. The van der Waals surface area contributed by atoms with E-state index in [-0.39, 0.29) is 18.5 Å². The van der Waals surface area contributed by atoms with Crippen LogP contribution >= 0.6 is 0 Å². The van der Waals surface area contributed by atoms with Gasteiger partial charge in [0.2, 0.25) is 17.6 Å². The topological polar surface area (TPSA) is 82.2 Å². The van der Waals surface area contributed by atoms with Crippen molar-refractivity contribution in [3.05, 3.63) is 54.7 Å². The van der Waals surface area contributed by atoms with Gasteiger partial charge in [0.1, 0.15) is 11.8 Å². The molecule has 0 bridgehead atoms. The van der Waals surface area contributed by atoms with E-state index in [9.17, 15) is 4.79 Å². The Morgan fingerprint density at radius 1 is 1.22 bits per heavy atom. The molecule has 2 aromatic heterocycles. The first-order valence-corrected chi connectivity index (χ1v) is 8.94. The maximum atomic E-state index is 12.7. The van der Waals surface area contributed by atoms with Gasteiger partial charge in [0.25, 0.3) is 0 Å². The van der Waals surface area contributed by atoms with E-state index >= 15 is 0 Å². The van der Waals surface area contributed by atoms with Gasteiger partial charge >= 0.3 is 0 Å². The minimum Gasteiger partial charge on any atom is -0.496 e. The molecular formula is C20H24N4O3. The number of benzene rings is 1. The number of amides is 1. The molecule has 3 aromatic rings. The van der Waals surface area contributed by atoms with Gasteiger partial charge in [-0.05, 0) is 36.6 Å². The predicted octanol–water partition coefficient (Wildman–Crippen LogP) is 3.45. The molecule has 0 fully saturated rings. The molecule has 0 saturated carbocycles. The molecule has 3 rings (SSSR count). The molecule has 142 valence electrons. The largest absolute Gasteiger partial charge is 0.496 e. The molecule has 0 aliphatic carbocycles. The first kappa shape index (κ1) is 18.7. The third-order valence-electron chi connectivity index (χ3n) is 4.21. The molecule has 7 heteroatoms. The second kappa shape index (κ2) is 8.53. The molecule has 27 heavy (non-hydrogen) atoms. The summed E-state index contributed by atoms with van der Waals surface area (Å²) in [6.07, 6.45) is 4.55. The van der Waals surface area contributed by atoms with Gasteiger partial charge in [0.05, 0.1) is 19.2 Å². The van der Waals surface area contributed by atoms with E-state index in [2.05, 4.69) is 29.3 Å². The van der Waals surface area contributed by atoms with Crippen LogP contribution in [0.3, 0.4) is 0 Å². The number of nitrogens with one attached hydrogen (secondary N) is 1. The number of rotatable bonds is 8. The number of ether oxygens (including phenoxy) is 1. The molecule has 7 nitrogen and oxygen atoms in total. The average Bonchev–Trinajstić information content (AvgIpc) is 3.36. The minimum absolute atomic E-state index is 0.0723. The molecule has 1 aromatic carbocycles. The highest BCUT2D eigenvalue weighted by atomic mass is 16.5. The Labute approximate surface area is 158 Å². The highest BCUT2D eigenvalue weighted by Crippen LogP contribution is 2.27. The third kappa shape index (κ3) is 4.55. The highest BCUT2D eigenvalue weighted by Gasteiger charge is 2.21. The number of carbonyl (C=O) groups excluding carboxylic acids is 1. The maximum Gasteiger partial charge on any atom is 0.246 e. The summed E-state index contributed by atoms with van der Waals surface area (Å²) in [5, 5.41) is 6.89. The molecular weight excluding hydrogens is 344 g/mol. The molecule has 1 N–H and O–H groups in total. The first-order chi connectivity index (χ1) is 13.1. The first-order valence-electron chi connectivity index (χ1n) is 8.94. The fourth-order valence-electron chi connectivity index (χ4n) is 2.91. The highest BCUT2D eigenvalue weighted by molar-refractivity contribution is 5.80. The standard InChI is InChI=1S/C20H24N4O3/c1-14(2)12-16(24-10-6-7-11-24)20(25)21-13-18-22-19(23-27-18)15-8-4-5-9-17(15)26-3/h4-11,14,16H,12-13H2,1-3H3,(H,21,25)/t16-/m0/s1. The maximum absolute atomic E-state index is 12.7. The van der Waals surface area contributed by atoms with Crippen molar-refractivity contribution in [1.29, 1.82) is 0 Å². The van der Waals surface area contributed by atoms with E-state index < -0.39 is 0 Å². The van der Waals surface area contributed by atoms with Crippen molar-refractivity contribution in [2.45, 2.75) is 32.9 Å². The summed E-state index contributed by atoms with van der Waals surface area (Å²) in [5.41, 5.74) is 0.742. The van der Waals surface area contributed by atoms with Gasteiger partial charge in [-0.1, -0.05) is 31.1 Å². The minimum atomic E-state index is -0.267. The van der Waals surface area contributed by atoms with Gasteiger partial charge in [0.15, 0.2) is 0 Å². The number of hydrogen-bond donors (Lipinski definition) is 1. The normalized spacial score (nSPS) is 12.1. The van der Waals surface area contributed by atoms with Gasteiger partial charge in [-0.2, -0.15) is 4.98 Å². The number of para-hydroxylation sites is 1. The van der Waals surface area contributed by atoms with Crippen molar-refractivity contribution in [3.8, 4) is 17.1 Å². The van der Waals surface area contributed by atoms with Crippen LogP contribution in [0.25, 0.3) is 11.4 Å². The van der Waals surface area contributed by atoms with Crippen LogP contribution in [0.5, 0.6) is 5.75 Å². The molecule has 0 saturated heterocycles. The lowest BCUT2D eigenvalue weighted by atomic mass is 10.0. The molecule has 1 amide bonds. The van der Waals surface area contributed by atoms with Gasteiger partial charge in [-0.25, -0.2) is 0 Å². The Morgan fingerprint density at radius 3 is 2.67 bits per heavy atom. The van der Waals surface area contributed by atoms with Gasteiger partial charge in [-0.3, -0.25) is 4.79 Å². The van der Waals surface area contributed by atoms with Crippen LogP contribution in [0.15, 0.2) is 53.3 Å². The van der Waals surface area contributed by atoms with Gasteiger partial charge in [0, 0.05) is 12.4 Å². The van der Waals surface area contributed by atoms with Crippen molar-refractivity contribution in [1.82, 2.24) is 20.0 Å². The van der Waals surface area contributed by atoms with Crippen LogP contribution in [0.2, 0.25) is 0 Å². The van der Waals surface area contributed by atoms with Crippen molar-refractivity contribution in [2.75, 3.05) is 7.11 Å². The fraction of sp³-hybridized carbons (Fsp3) is 0.350. The summed E-state index contributed by atoms with van der Waals surface area (Å²) >= 11 is 0. The van der Waals surface area contributed by atoms with Crippen LogP contribution < -0.4 is 10.1 Å². The van der Waals surface area contributed by atoms with Crippen molar-refractivity contribution in [2.24, 2.45) is 5.92 Å². The lowest BCUT2D eigenvalue weighted by molar-refractivity contribution is -0.125. The average molecular weight is 368 g/mol. The number of hydrogen-bond acceptors (Lipinski definition) is 5. The molecule has 0 unspecified atom stereocenters. The van der Waals surface area contributed by atoms with Crippen LogP contribution in [0.1, 0.15) is 32.2 Å². The van der Waals surface area contributed by atoms with Crippen LogP contribution in [-0.4, -0.2) is 27.7 Å². The molecule has 0 aliphatic heterocycles. The Balaban J connectivity index is 1.68. The second-order valence-electron chi connectivity index (χ2n) is 6.71. The van der Waals surface area contributed by atoms with Crippen molar-refractivity contribution < 1.29 is 14.1 Å². The Kier molecular flexibility index (Phi) is 5.90. The smallest absolute Gasteiger partial charge is 0.246 e. The molecule has 0 radical (unpaired) electrons. The Bertz CT molecular complexity index is 871. The monoisotopic (exact) mass is 368 g/mol. The van der Waals surface area contributed by atoms with E-state index in [1.807, 2.05) is 53.4 Å². The lowest BCUT2D eigenvalue weighted by Gasteiger charge is -2.20. The molecule has 0 spiro atoms. The number of nitrogens with zero attached hydrogens (tertiary/aromatic N) is 3. The summed E-state index contributed by atoms with van der Waals surface area (Å²) in [6, 6.07) is 11.0. The number of carbonyl (C=O) groups is 1. The summed E-state index contributed by atoms with van der Waals surface area (Å²) in [7, 11) is 1.59. The lowest BCUT2D eigenvalue weighted by Crippen LogP contribution is -2.32.